The average Bonchev–Trinajstić information content (AvgIpc) is 2.57. The molecule has 5 nitrogen and oxygen atoms in total. The predicted octanol–water partition coefficient (Wildman–Crippen LogP) is 1.30. The second-order valence-electron chi connectivity index (χ2n) is 5.67. The van der Waals surface area contributed by atoms with E-state index in [4.69, 9.17) is 4.74 Å². The lowest BCUT2D eigenvalue weighted by Gasteiger charge is -2.40. The first-order valence-electron chi connectivity index (χ1n) is 7.57. The second-order valence-corrected chi connectivity index (χ2v) is 6.90. The Morgan fingerprint density at radius 3 is 2.78 bits per heavy atom. The van der Waals surface area contributed by atoms with Crippen molar-refractivity contribution in [2.75, 3.05) is 38.2 Å². The minimum Gasteiger partial charge on any atom is -0.356 e. The van der Waals surface area contributed by atoms with Crippen molar-refractivity contribution < 1.29 is 18.7 Å². The Balaban J connectivity index is 1.89. The summed E-state index contributed by atoms with van der Waals surface area (Å²) in [5.41, 5.74) is 0.574. The van der Waals surface area contributed by atoms with Crippen molar-refractivity contribution in [2.45, 2.75) is 12.1 Å². The Labute approximate surface area is 138 Å². The zero-order chi connectivity index (χ0) is 16.4. The number of carbonyl (C=O) groups is 2. The van der Waals surface area contributed by atoms with Crippen LogP contribution in [-0.2, 0) is 14.3 Å². The highest BCUT2D eigenvalue weighted by Gasteiger charge is 2.42. The number of morpholine rings is 1. The molecule has 0 saturated carbocycles. The van der Waals surface area contributed by atoms with Crippen LogP contribution in [-0.4, -0.2) is 66.0 Å². The van der Waals surface area contributed by atoms with E-state index in [0.29, 0.717) is 18.7 Å². The maximum Gasteiger partial charge on any atom is 0.254 e. The molecule has 1 aromatic rings. The van der Waals surface area contributed by atoms with Crippen LogP contribution in [0.1, 0.15) is 11.6 Å². The van der Waals surface area contributed by atoms with Crippen LogP contribution in [0, 0.1) is 5.82 Å². The van der Waals surface area contributed by atoms with Gasteiger partial charge in [-0.1, -0.05) is 12.1 Å². The molecule has 2 fully saturated rings. The molecule has 2 atom stereocenters. The smallest absolute Gasteiger partial charge is 0.254 e. The summed E-state index contributed by atoms with van der Waals surface area (Å²) in [6.45, 7) is 1.23. The van der Waals surface area contributed by atoms with Crippen LogP contribution in [0.15, 0.2) is 24.3 Å². The summed E-state index contributed by atoms with van der Waals surface area (Å²) in [4.78, 5) is 28.1. The van der Waals surface area contributed by atoms with Crippen LogP contribution >= 0.6 is 11.8 Å². The molecule has 2 saturated heterocycles. The third-order valence-corrected chi connectivity index (χ3v) is 5.18. The molecule has 3 rings (SSSR count). The minimum absolute atomic E-state index is 0.124. The number of hydrogen-bond donors (Lipinski definition) is 0. The van der Waals surface area contributed by atoms with Crippen LogP contribution < -0.4 is 0 Å². The number of carbonyl (C=O) groups excluding carboxylic acids is 2. The quantitative estimate of drug-likeness (QED) is 0.816. The van der Waals surface area contributed by atoms with E-state index in [0.717, 1.165) is 11.5 Å². The van der Waals surface area contributed by atoms with Gasteiger partial charge in [-0.3, -0.25) is 9.59 Å². The normalized spacial score (nSPS) is 25.6. The lowest BCUT2D eigenvalue weighted by molar-refractivity contribution is -0.167. The topological polar surface area (TPSA) is 49.9 Å². The van der Waals surface area contributed by atoms with E-state index >= 15 is 0 Å². The molecular formula is C16H19FN2O3S. The molecule has 1 aromatic carbocycles. The molecule has 2 heterocycles. The van der Waals surface area contributed by atoms with Gasteiger partial charge >= 0.3 is 0 Å². The molecule has 2 aliphatic rings. The SMILES string of the molecule is CN1C(=O)CO[C@H](C(=O)N2CCSCC2)[C@H]1c1cccc(F)c1. The number of thioether (sulfide) groups is 1. The van der Waals surface area contributed by atoms with Gasteiger partial charge in [-0.25, -0.2) is 4.39 Å². The summed E-state index contributed by atoms with van der Waals surface area (Å²) in [6.07, 6.45) is -0.789. The summed E-state index contributed by atoms with van der Waals surface area (Å²) in [7, 11) is 1.63. The largest absolute Gasteiger partial charge is 0.356 e. The molecule has 2 amide bonds. The molecule has 0 aliphatic carbocycles. The molecular weight excluding hydrogens is 319 g/mol. The first-order chi connectivity index (χ1) is 11.1. The van der Waals surface area contributed by atoms with Crippen LogP contribution in [0.5, 0.6) is 0 Å². The molecule has 2 aliphatic heterocycles. The minimum atomic E-state index is -0.789. The predicted molar refractivity (Wildman–Crippen MR) is 85.6 cm³/mol. The first-order valence-corrected chi connectivity index (χ1v) is 8.72. The molecule has 0 spiro atoms. The number of amides is 2. The van der Waals surface area contributed by atoms with E-state index in [2.05, 4.69) is 0 Å². The molecule has 23 heavy (non-hydrogen) atoms. The molecule has 7 heteroatoms. The fraction of sp³-hybridized carbons (Fsp3) is 0.500. The van der Waals surface area contributed by atoms with Gasteiger partial charge in [-0.2, -0.15) is 11.8 Å². The maximum absolute atomic E-state index is 13.6. The average molecular weight is 338 g/mol. The number of nitrogens with zero attached hydrogens (tertiary/aromatic N) is 2. The van der Waals surface area contributed by atoms with Gasteiger partial charge in [-0.15, -0.1) is 0 Å². The number of rotatable bonds is 2. The summed E-state index contributed by atoms with van der Waals surface area (Å²) >= 11 is 1.81. The Morgan fingerprint density at radius 2 is 2.09 bits per heavy atom. The van der Waals surface area contributed by atoms with Crippen LogP contribution in [0.4, 0.5) is 4.39 Å². The summed E-state index contributed by atoms with van der Waals surface area (Å²) in [6, 6.07) is 5.40. The van der Waals surface area contributed by atoms with Gasteiger partial charge in [-0.05, 0) is 17.7 Å². The molecule has 124 valence electrons. The number of hydrogen-bond acceptors (Lipinski definition) is 4. The fourth-order valence-corrected chi connectivity index (χ4v) is 3.87. The van der Waals surface area contributed by atoms with Crippen molar-refractivity contribution in [3.05, 3.63) is 35.6 Å². The molecule has 0 N–H and O–H groups in total. The lowest BCUT2D eigenvalue weighted by atomic mass is 9.97. The van der Waals surface area contributed by atoms with Crippen molar-refractivity contribution in [2.24, 2.45) is 0 Å². The number of benzene rings is 1. The Morgan fingerprint density at radius 1 is 1.35 bits per heavy atom. The zero-order valence-corrected chi connectivity index (χ0v) is 13.7. The highest BCUT2D eigenvalue weighted by Crippen LogP contribution is 2.31. The van der Waals surface area contributed by atoms with Crippen LogP contribution in [0.2, 0.25) is 0 Å². The summed E-state index contributed by atoms with van der Waals surface area (Å²) in [5, 5.41) is 0. The molecule has 0 unspecified atom stereocenters. The van der Waals surface area contributed by atoms with Gasteiger partial charge in [0.25, 0.3) is 5.91 Å². The van der Waals surface area contributed by atoms with Gasteiger partial charge in [0.2, 0.25) is 5.91 Å². The van der Waals surface area contributed by atoms with Gasteiger partial charge in [0.15, 0.2) is 6.10 Å². The summed E-state index contributed by atoms with van der Waals surface area (Å²) < 4.78 is 19.2. The first kappa shape index (κ1) is 16.3. The Hall–Kier alpha value is -1.60. The van der Waals surface area contributed by atoms with Gasteiger partial charge in [0.1, 0.15) is 12.4 Å². The van der Waals surface area contributed by atoms with Gasteiger partial charge < -0.3 is 14.5 Å². The Kier molecular flexibility index (Phi) is 4.87. The number of likely N-dealkylation sites (N-methyl/N-ethyl adjacent to an activating group) is 1. The molecule has 0 bridgehead atoms. The second kappa shape index (κ2) is 6.88. The number of halogens is 1. The molecule has 0 radical (unpaired) electrons. The summed E-state index contributed by atoms with van der Waals surface area (Å²) in [5.74, 6) is 1.07. The van der Waals surface area contributed by atoms with Crippen molar-refractivity contribution in [3.8, 4) is 0 Å². The lowest BCUT2D eigenvalue weighted by Crippen LogP contribution is -2.55. The van der Waals surface area contributed by atoms with Crippen LogP contribution in [0.3, 0.4) is 0 Å². The standard InChI is InChI=1S/C16H19FN2O3S/c1-18-13(20)10-22-15(16(21)19-5-7-23-8-6-19)14(18)11-3-2-4-12(17)9-11/h2-4,9,14-15H,5-8,10H2,1H3/t14-,15+/m1/s1. The van der Waals surface area contributed by atoms with E-state index in [1.807, 2.05) is 11.8 Å². The van der Waals surface area contributed by atoms with Crippen molar-refractivity contribution in [3.63, 3.8) is 0 Å². The third kappa shape index (κ3) is 3.35. The van der Waals surface area contributed by atoms with Crippen molar-refractivity contribution >= 4 is 23.6 Å². The highest BCUT2D eigenvalue weighted by molar-refractivity contribution is 7.99. The van der Waals surface area contributed by atoms with Crippen molar-refractivity contribution in [1.82, 2.24) is 9.80 Å². The fourth-order valence-electron chi connectivity index (χ4n) is 2.97. The van der Waals surface area contributed by atoms with E-state index in [-0.39, 0.29) is 18.4 Å². The third-order valence-electron chi connectivity index (χ3n) is 4.24. The monoisotopic (exact) mass is 338 g/mol. The van der Waals surface area contributed by atoms with Crippen molar-refractivity contribution in [1.29, 1.82) is 0 Å². The Bertz CT molecular complexity index is 607. The molecule has 0 aromatic heterocycles. The maximum atomic E-state index is 13.6. The van der Waals surface area contributed by atoms with Gasteiger partial charge in [0, 0.05) is 31.6 Å². The van der Waals surface area contributed by atoms with E-state index < -0.39 is 18.0 Å². The van der Waals surface area contributed by atoms with Crippen LogP contribution in [0.25, 0.3) is 0 Å². The van der Waals surface area contributed by atoms with E-state index in [1.165, 1.54) is 17.0 Å². The van der Waals surface area contributed by atoms with E-state index in [1.54, 1.807) is 24.1 Å². The zero-order valence-electron chi connectivity index (χ0n) is 12.9. The number of ether oxygens (including phenoxy) is 1. The highest BCUT2D eigenvalue weighted by atomic mass is 32.2. The van der Waals surface area contributed by atoms with Gasteiger partial charge in [0.05, 0.1) is 6.04 Å². The van der Waals surface area contributed by atoms with E-state index in [9.17, 15) is 14.0 Å².